The second-order valence-corrected chi connectivity index (χ2v) is 5.88. The van der Waals surface area contributed by atoms with Crippen molar-refractivity contribution in [3.05, 3.63) is 27.5 Å². The summed E-state index contributed by atoms with van der Waals surface area (Å²) in [5, 5.41) is 3.46. The SMILES string of the molecule is NC(=O)OCCNC(=O)c1sc2cc(Br)ccc2c1N. The second kappa shape index (κ2) is 6.10. The van der Waals surface area contributed by atoms with Crippen molar-refractivity contribution in [1.82, 2.24) is 5.32 Å². The monoisotopic (exact) mass is 357 g/mol. The van der Waals surface area contributed by atoms with E-state index in [1.807, 2.05) is 18.2 Å². The van der Waals surface area contributed by atoms with Crippen LogP contribution in [0.4, 0.5) is 10.5 Å². The van der Waals surface area contributed by atoms with Gasteiger partial charge in [-0.05, 0) is 12.1 Å². The lowest BCUT2D eigenvalue weighted by molar-refractivity contribution is 0.0941. The Morgan fingerprint density at radius 1 is 1.40 bits per heavy atom. The normalized spacial score (nSPS) is 10.4. The number of ether oxygens (including phenoxy) is 1. The maximum Gasteiger partial charge on any atom is 0.404 e. The molecule has 5 N–H and O–H groups in total. The number of anilines is 1. The summed E-state index contributed by atoms with van der Waals surface area (Å²) >= 11 is 4.68. The molecule has 2 rings (SSSR count). The average molecular weight is 358 g/mol. The summed E-state index contributed by atoms with van der Waals surface area (Å²) in [6, 6.07) is 5.63. The molecule has 2 amide bonds. The average Bonchev–Trinajstić information content (AvgIpc) is 2.71. The first-order valence-electron chi connectivity index (χ1n) is 5.67. The minimum Gasteiger partial charge on any atom is -0.448 e. The lowest BCUT2D eigenvalue weighted by Crippen LogP contribution is -2.28. The highest BCUT2D eigenvalue weighted by atomic mass is 79.9. The van der Waals surface area contributed by atoms with Gasteiger partial charge in [-0.1, -0.05) is 22.0 Å². The molecule has 8 heteroatoms. The summed E-state index contributed by atoms with van der Waals surface area (Å²) in [4.78, 5) is 22.8. The molecule has 2 aromatic rings. The van der Waals surface area contributed by atoms with Crippen LogP contribution in [0.5, 0.6) is 0 Å². The first kappa shape index (κ1) is 14.6. The van der Waals surface area contributed by atoms with Crippen molar-refractivity contribution >= 4 is 55.0 Å². The number of halogens is 1. The van der Waals surface area contributed by atoms with Gasteiger partial charge < -0.3 is 21.5 Å². The Morgan fingerprint density at radius 2 is 2.15 bits per heavy atom. The van der Waals surface area contributed by atoms with Crippen LogP contribution >= 0.6 is 27.3 Å². The van der Waals surface area contributed by atoms with E-state index in [4.69, 9.17) is 11.5 Å². The van der Waals surface area contributed by atoms with Crippen LogP contribution in [0, 0.1) is 0 Å². The molecule has 0 saturated heterocycles. The van der Waals surface area contributed by atoms with E-state index in [9.17, 15) is 9.59 Å². The molecule has 0 unspecified atom stereocenters. The van der Waals surface area contributed by atoms with Crippen LogP contribution in [0.25, 0.3) is 10.1 Å². The molecular formula is C12H12BrN3O3S. The summed E-state index contributed by atoms with van der Waals surface area (Å²) in [5.74, 6) is -0.298. The lowest BCUT2D eigenvalue weighted by Gasteiger charge is -2.04. The molecule has 0 bridgehead atoms. The summed E-state index contributed by atoms with van der Waals surface area (Å²) in [6.45, 7) is 0.205. The smallest absolute Gasteiger partial charge is 0.404 e. The molecule has 6 nitrogen and oxygen atoms in total. The van der Waals surface area contributed by atoms with Crippen molar-refractivity contribution in [3.63, 3.8) is 0 Å². The van der Waals surface area contributed by atoms with Crippen LogP contribution in [0.2, 0.25) is 0 Å². The third kappa shape index (κ3) is 3.20. The molecule has 0 fully saturated rings. The third-order valence-corrected chi connectivity index (χ3v) is 4.19. The zero-order valence-electron chi connectivity index (χ0n) is 10.3. The zero-order chi connectivity index (χ0) is 14.7. The van der Waals surface area contributed by atoms with Crippen molar-refractivity contribution in [3.8, 4) is 0 Å². The van der Waals surface area contributed by atoms with Gasteiger partial charge in [-0.25, -0.2) is 4.79 Å². The first-order valence-corrected chi connectivity index (χ1v) is 7.28. The molecule has 0 aliphatic rings. The van der Waals surface area contributed by atoms with Crippen molar-refractivity contribution in [1.29, 1.82) is 0 Å². The van der Waals surface area contributed by atoms with Gasteiger partial charge in [-0.15, -0.1) is 11.3 Å². The van der Waals surface area contributed by atoms with Crippen molar-refractivity contribution in [2.75, 3.05) is 18.9 Å². The van der Waals surface area contributed by atoms with E-state index in [1.54, 1.807) is 0 Å². The zero-order valence-corrected chi connectivity index (χ0v) is 12.7. The van der Waals surface area contributed by atoms with Gasteiger partial charge in [0, 0.05) is 14.6 Å². The molecule has 1 aromatic carbocycles. The lowest BCUT2D eigenvalue weighted by atomic mass is 10.2. The van der Waals surface area contributed by atoms with E-state index in [0.29, 0.717) is 10.6 Å². The Balaban J connectivity index is 2.10. The number of thiophene rings is 1. The highest BCUT2D eigenvalue weighted by Gasteiger charge is 2.16. The molecule has 106 valence electrons. The Labute approximate surface area is 127 Å². The topological polar surface area (TPSA) is 107 Å². The molecule has 1 heterocycles. The fraction of sp³-hybridized carbons (Fsp3) is 0.167. The van der Waals surface area contributed by atoms with Gasteiger partial charge in [0.2, 0.25) is 0 Å². The molecule has 0 aliphatic carbocycles. The van der Waals surface area contributed by atoms with E-state index in [1.165, 1.54) is 11.3 Å². The van der Waals surface area contributed by atoms with Crippen LogP contribution in [-0.4, -0.2) is 25.2 Å². The van der Waals surface area contributed by atoms with Crippen LogP contribution in [0.15, 0.2) is 22.7 Å². The predicted octanol–water partition coefficient (Wildman–Crippen LogP) is 2.07. The number of hydrogen-bond donors (Lipinski definition) is 3. The van der Waals surface area contributed by atoms with Gasteiger partial charge in [0.05, 0.1) is 12.2 Å². The van der Waals surface area contributed by atoms with Crippen molar-refractivity contribution in [2.24, 2.45) is 5.73 Å². The molecule has 0 saturated carbocycles. The van der Waals surface area contributed by atoms with Crippen LogP contribution in [-0.2, 0) is 4.74 Å². The van der Waals surface area contributed by atoms with Crippen LogP contribution < -0.4 is 16.8 Å². The number of hydrogen-bond acceptors (Lipinski definition) is 5. The summed E-state index contributed by atoms with van der Waals surface area (Å²) in [5.41, 5.74) is 11.2. The van der Waals surface area contributed by atoms with E-state index in [-0.39, 0.29) is 19.1 Å². The van der Waals surface area contributed by atoms with E-state index < -0.39 is 6.09 Å². The fourth-order valence-corrected chi connectivity index (χ4v) is 3.25. The molecule has 0 radical (unpaired) electrons. The maximum atomic E-state index is 12.0. The third-order valence-electron chi connectivity index (χ3n) is 2.53. The molecular weight excluding hydrogens is 346 g/mol. The van der Waals surface area contributed by atoms with Gasteiger partial charge in [0.1, 0.15) is 11.5 Å². The molecule has 0 aliphatic heterocycles. The number of fused-ring (bicyclic) bond motifs is 1. The summed E-state index contributed by atoms with van der Waals surface area (Å²) in [7, 11) is 0. The fourth-order valence-electron chi connectivity index (χ4n) is 1.66. The number of carbonyl (C=O) groups is 2. The number of carbonyl (C=O) groups excluding carboxylic acids is 2. The standard InChI is InChI=1S/C12H12BrN3O3S/c13-6-1-2-7-8(5-6)20-10(9(7)14)11(17)16-3-4-19-12(15)18/h1-2,5H,3-4,14H2,(H2,15,18)(H,16,17). The molecule has 0 spiro atoms. The summed E-state index contributed by atoms with van der Waals surface area (Å²) in [6.07, 6.45) is -0.870. The Kier molecular flexibility index (Phi) is 4.46. The van der Waals surface area contributed by atoms with Gasteiger partial charge >= 0.3 is 6.09 Å². The van der Waals surface area contributed by atoms with Crippen molar-refractivity contribution < 1.29 is 14.3 Å². The number of rotatable bonds is 4. The second-order valence-electron chi connectivity index (χ2n) is 3.91. The summed E-state index contributed by atoms with van der Waals surface area (Å²) < 4.78 is 6.37. The number of nitrogens with one attached hydrogen (secondary N) is 1. The molecule has 20 heavy (non-hydrogen) atoms. The number of nitrogens with two attached hydrogens (primary N) is 2. The maximum absolute atomic E-state index is 12.0. The van der Waals surface area contributed by atoms with Gasteiger partial charge in [0.15, 0.2) is 0 Å². The molecule has 1 aromatic heterocycles. The number of primary amides is 1. The van der Waals surface area contributed by atoms with Crippen LogP contribution in [0.1, 0.15) is 9.67 Å². The van der Waals surface area contributed by atoms with Crippen molar-refractivity contribution in [2.45, 2.75) is 0 Å². The van der Waals surface area contributed by atoms with Gasteiger partial charge in [0.25, 0.3) is 5.91 Å². The Morgan fingerprint density at radius 3 is 2.85 bits per heavy atom. The van der Waals surface area contributed by atoms with Crippen LogP contribution in [0.3, 0.4) is 0 Å². The molecule has 0 atom stereocenters. The van der Waals surface area contributed by atoms with E-state index >= 15 is 0 Å². The highest BCUT2D eigenvalue weighted by Crippen LogP contribution is 2.35. The largest absolute Gasteiger partial charge is 0.448 e. The first-order chi connectivity index (χ1) is 9.49. The van der Waals surface area contributed by atoms with Gasteiger partial charge in [-0.3, -0.25) is 4.79 Å². The highest BCUT2D eigenvalue weighted by molar-refractivity contribution is 9.10. The number of nitrogen functional groups attached to an aromatic ring is 1. The van der Waals surface area contributed by atoms with E-state index in [2.05, 4.69) is 26.0 Å². The number of amides is 2. The number of benzene rings is 1. The van der Waals surface area contributed by atoms with E-state index in [0.717, 1.165) is 14.6 Å². The minimum absolute atomic E-state index is 0.0252. The quantitative estimate of drug-likeness (QED) is 0.727. The Hall–Kier alpha value is -1.80. The minimum atomic E-state index is -0.870. The Bertz CT molecular complexity index is 671. The van der Waals surface area contributed by atoms with Gasteiger partial charge in [-0.2, -0.15) is 0 Å². The predicted molar refractivity (Wildman–Crippen MR) is 81.8 cm³/mol.